The maximum atomic E-state index is 14.0. The molecule has 1 aromatic heterocycles. The number of rotatable bonds is 1. The first kappa shape index (κ1) is 13.9. The Bertz CT molecular complexity index is 675. The number of pyridine rings is 1. The van der Waals surface area contributed by atoms with Gasteiger partial charge in [0.1, 0.15) is 6.10 Å². The van der Waals surface area contributed by atoms with Gasteiger partial charge in [-0.15, -0.1) is 0 Å². The number of hydrogen-bond acceptors (Lipinski definition) is 2. The highest BCUT2D eigenvalue weighted by atomic mass is 19.2. The van der Waals surface area contributed by atoms with E-state index in [1.165, 1.54) is 12.3 Å². The molecule has 1 aliphatic rings. The fourth-order valence-electron chi connectivity index (χ4n) is 3.04. The lowest BCUT2D eigenvalue weighted by Gasteiger charge is -2.15. The molecule has 0 saturated carbocycles. The van der Waals surface area contributed by atoms with Crippen LogP contribution in [0.5, 0.6) is 0 Å². The molecule has 0 saturated heterocycles. The van der Waals surface area contributed by atoms with Crippen LogP contribution in [0.3, 0.4) is 0 Å². The third-order valence-corrected chi connectivity index (χ3v) is 4.08. The summed E-state index contributed by atoms with van der Waals surface area (Å²) in [6, 6.07) is 7.48. The quantitative estimate of drug-likeness (QED) is 0.499. The van der Waals surface area contributed by atoms with E-state index in [4.69, 9.17) is 0 Å². The van der Waals surface area contributed by atoms with Gasteiger partial charge in [0.2, 0.25) is 5.69 Å². The van der Waals surface area contributed by atoms with E-state index >= 15 is 0 Å². The summed E-state index contributed by atoms with van der Waals surface area (Å²) in [5.41, 5.74) is 1.30. The largest absolute Gasteiger partial charge is 0.618 e. The fourth-order valence-corrected chi connectivity index (χ4v) is 3.04. The highest BCUT2D eigenvalue weighted by molar-refractivity contribution is 5.29. The fraction of sp³-hybridized carbons (Fsp3) is 0.312. The molecule has 2 aromatic rings. The van der Waals surface area contributed by atoms with Gasteiger partial charge in [-0.1, -0.05) is 12.1 Å². The highest BCUT2D eigenvalue weighted by Crippen LogP contribution is 2.36. The molecular weight excluding hydrogens is 276 g/mol. The van der Waals surface area contributed by atoms with Crippen LogP contribution in [-0.4, -0.2) is 5.11 Å². The van der Waals surface area contributed by atoms with Crippen molar-refractivity contribution in [3.8, 4) is 0 Å². The van der Waals surface area contributed by atoms with Crippen LogP contribution in [0.15, 0.2) is 36.5 Å². The van der Waals surface area contributed by atoms with Crippen molar-refractivity contribution in [2.45, 2.75) is 31.3 Å². The summed E-state index contributed by atoms with van der Waals surface area (Å²) in [6.07, 6.45) is 1.72. The Morgan fingerprint density at radius 3 is 2.76 bits per heavy atom. The van der Waals surface area contributed by atoms with E-state index in [0.29, 0.717) is 40.8 Å². The maximum Gasteiger partial charge on any atom is 0.224 e. The van der Waals surface area contributed by atoms with E-state index < -0.39 is 17.7 Å². The van der Waals surface area contributed by atoms with Crippen molar-refractivity contribution < 1.29 is 18.6 Å². The van der Waals surface area contributed by atoms with Crippen molar-refractivity contribution in [3.63, 3.8) is 0 Å². The molecule has 0 fully saturated rings. The van der Waals surface area contributed by atoms with Gasteiger partial charge in [-0.2, -0.15) is 4.73 Å². The first-order chi connectivity index (χ1) is 10.1. The Balaban J connectivity index is 2.02. The van der Waals surface area contributed by atoms with E-state index in [1.807, 2.05) is 0 Å². The lowest BCUT2D eigenvalue weighted by atomic mass is 9.90. The van der Waals surface area contributed by atoms with Crippen molar-refractivity contribution in [2.75, 3.05) is 0 Å². The van der Waals surface area contributed by atoms with E-state index in [1.54, 1.807) is 18.2 Å². The van der Waals surface area contributed by atoms with Crippen molar-refractivity contribution >= 4 is 0 Å². The minimum Gasteiger partial charge on any atom is -0.618 e. The summed E-state index contributed by atoms with van der Waals surface area (Å²) < 4.78 is 28.0. The number of fused-ring (bicyclic) bond motifs is 1. The Morgan fingerprint density at radius 2 is 1.95 bits per heavy atom. The van der Waals surface area contributed by atoms with E-state index in [0.717, 1.165) is 6.07 Å². The zero-order valence-electron chi connectivity index (χ0n) is 11.3. The van der Waals surface area contributed by atoms with Crippen LogP contribution in [0, 0.1) is 16.8 Å². The molecule has 0 spiro atoms. The number of aliphatic hydroxyl groups is 1. The predicted octanol–water partition coefficient (Wildman–Crippen LogP) is 2.75. The number of nitrogens with zero attached hydrogens (tertiary/aromatic N) is 1. The molecule has 0 radical (unpaired) electrons. The van der Waals surface area contributed by atoms with Gasteiger partial charge in [-0.3, -0.25) is 0 Å². The smallest absolute Gasteiger partial charge is 0.224 e. The molecule has 0 aliphatic heterocycles. The van der Waals surface area contributed by atoms with E-state index in [-0.39, 0.29) is 5.92 Å². The number of halogens is 2. The zero-order valence-corrected chi connectivity index (χ0v) is 11.3. The van der Waals surface area contributed by atoms with Gasteiger partial charge in [0, 0.05) is 11.6 Å². The molecule has 2 atom stereocenters. The average Bonchev–Trinajstić information content (AvgIpc) is 2.62. The number of benzene rings is 1. The summed E-state index contributed by atoms with van der Waals surface area (Å²) in [7, 11) is 0. The summed E-state index contributed by atoms with van der Waals surface area (Å²) in [5.74, 6) is -1.96. The topological polar surface area (TPSA) is 47.2 Å². The summed E-state index contributed by atoms with van der Waals surface area (Å²) in [5, 5.41) is 21.9. The first-order valence-corrected chi connectivity index (χ1v) is 6.91. The molecule has 5 heteroatoms. The molecule has 0 amide bonds. The summed E-state index contributed by atoms with van der Waals surface area (Å²) >= 11 is 0. The average molecular weight is 291 g/mol. The van der Waals surface area contributed by atoms with Crippen molar-refractivity contribution in [1.82, 2.24) is 0 Å². The molecule has 3 nitrogen and oxygen atoms in total. The monoisotopic (exact) mass is 291 g/mol. The normalized spacial score (nSPS) is 21.7. The van der Waals surface area contributed by atoms with E-state index in [2.05, 4.69) is 0 Å². The number of hydrogen-bond donors (Lipinski definition) is 1. The van der Waals surface area contributed by atoms with Crippen LogP contribution >= 0.6 is 0 Å². The van der Waals surface area contributed by atoms with Crippen molar-refractivity contribution in [2.24, 2.45) is 0 Å². The predicted molar refractivity (Wildman–Crippen MR) is 72.4 cm³/mol. The lowest BCUT2D eigenvalue weighted by molar-refractivity contribution is -0.619. The van der Waals surface area contributed by atoms with Crippen molar-refractivity contribution in [3.05, 3.63) is 70.2 Å². The van der Waals surface area contributed by atoms with Crippen LogP contribution in [0.25, 0.3) is 0 Å². The van der Waals surface area contributed by atoms with Crippen LogP contribution in [0.1, 0.15) is 41.7 Å². The Morgan fingerprint density at radius 1 is 1.14 bits per heavy atom. The van der Waals surface area contributed by atoms with Gasteiger partial charge in [-0.25, -0.2) is 8.78 Å². The van der Waals surface area contributed by atoms with Gasteiger partial charge >= 0.3 is 0 Å². The second kappa shape index (κ2) is 5.41. The van der Waals surface area contributed by atoms with Crippen molar-refractivity contribution in [1.29, 1.82) is 0 Å². The number of aliphatic hydroxyl groups excluding tert-OH is 1. The first-order valence-electron chi connectivity index (χ1n) is 6.91. The SMILES string of the molecule is [O-][n+]1cccc2c1C(O)CCC(c1cccc(F)c1F)C2. The highest BCUT2D eigenvalue weighted by Gasteiger charge is 2.30. The minimum atomic E-state index is -0.875. The van der Waals surface area contributed by atoms with Crippen LogP contribution in [0.2, 0.25) is 0 Å². The third-order valence-electron chi connectivity index (χ3n) is 4.08. The minimum absolute atomic E-state index is 0.251. The van der Waals surface area contributed by atoms with E-state index in [9.17, 15) is 19.1 Å². The summed E-state index contributed by atoms with van der Waals surface area (Å²) in [4.78, 5) is 0. The van der Waals surface area contributed by atoms with Crippen LogP contribution in [0.4, 0.5) is 8.78 Å². The molecular formula is C16H15F2NO2. The number of aromatic nitrogens is 1. The van der Waals surface area contributed by atoms with Gasteiger partial charge in [0.15, 0.2) is 17.8 Å². The molecule has 3 rings (SSSR count). The van der Waals surface area contributed by atoms with Gasteiger partial charge in [0.05, 0.1) is 0 Å². The second-order valence-electron chi connectivity index (χ2n) is 5.38. The van der Waals surface area contributed by atoms with Gasteiger partial charge < -0.3 is 10.3 Å². The molecule has 1 aromatic carbocycles. The molecule has 1 heterocycles. The van der Waals surface area contributed by atoms with Gasteiger partial charge in [-0.05, 0) is 42.9 Å². The summed E-state index contributed by atoms with van der Waals surface area (Å²) in [6.45, 7) is 0. The Labute approximate surface area is 121 Å². The standard InChI is InChI=1S/C16H15F2NO2/c17-13-5-1-4-12(15(13)18)10-6-7-14(20)16-11(9-10)3-2-8-19(16)21/h1-5,8,10,14,20H,6-7,9H2. The third kappa shape index (κ3) is 2.49. The zero-order chi connectivity index (χ0) is 15.0. The Hall–Kier alpha value is -2.01. The van der Waals surface area contributed by atoms with Crippen LogP contribution < -0.4 is 4.73 Å². The molecule has 1 aliphatic carbocycles. The molecule has 110 valence electrons. The Kier molecular flexibility index (Phi) is 3.59. The molecule has 21 heavy (non-hydrogen) atoms. The van der Waals surface area contributed by atoms with Crippen LogP contribution in [-0.2, 0) is 6.42 Å². The second-order valence-corrected chi connectivity index (χ2v) is 5.38. The lowest BCUT2D eigenvalue weighted by Crippen LogP contribution is -2.34. The molecule has 0 bridgehead atoms. The molecule has 1 N–H and O–H groups in total. The van der Waals surface area contributed by atoms with Gasteiger partial charge in [0.25, 0.3) is 0 Å². The molecule has 2 unspecified atom stereocenters. The maximum absolute atomic E-state index is 14.0.